The number of aliphatic hydroxyl groups is 1. The van der Waals surface area contributed by atoms with Crippen LogP contribution in [0.4, 0.5) is 0 Å². The highest BCUT2D eigenvalue weighted by Gasteiger charge is 2.42. The fourth-order valence-electron chi connectivity index (χ4n) is 2.63. The smallest absolute Gasteiger partial charge is 0.334 e. The maximum atomic E-state index is 12.0. The number of rotatable bonds is 6. The first-order valence-corrected chi connectivity index (χ1v) is 6.87. The largest absolute Gasteiger partial charge is 0.481 e. The highest BCUT2D eigenvalue weighted by molar-refractivity contribution is 5.87. The minimum atomic E-state index is -1.77. The maximum Gasteiger partial charge on any atom is 0.334 e. The second-order valence-corrected chi connectivity index (χ2v) is 5.33. The summed E-state index contributed by atoms with van der Waals surface area (Å²) in [6.45, 7) is -0.0873. The average Bonchev–Trinajstić information content (AvgIpc) is 2.87. The summed E-state index contributed by atoms with van der Waals surface area (Å²) >= 11 is 0. The molecule has 1 amide bonds. The predicted octanol–water partition coefficient (Wildman–Crippen LogP) is -0.0237. The number of carbonyl (C=O) groups is 3. The molecule has 1 aromatic carbocycles. The Kier molecular flexibility index (Phi) is 4.77. The predicted molar refractivity (Wildman–Crippen MR) is 75.0 cm³/mol. The van der Waals surface area contributed by atoms with Gasteiger partial charge in [0.2, 0.25) is 5.91 Å². The Morgan fingerprint density at radius 3 is 2.36 bits per heavy atom. The van der Waals surface area contributed by atoms with Crippen LogP contribution in [0.2, 0.25) is 0 Å². The number of carbonyl (C=O) groups excluding carboxylic acids is 1. The van der Waals surface area contributed by atoms with E-state index >= 15 is 0 Å². The van der Waals surface area contributed by atoms with E-state index in [0.29, 0.717) is 0 Å². The number of carboxylic acids is 2. The second kappa shape index (κ2) is 6.57. The third kappa shape index (κ3) is 3.43. The minimum Gasteiger partial charge on any atom is -0.481 e. The number of aliphatic carboxylic acids is 2. The third-order valence-electron chi connectivity index (χ3n) is 3.81. The minimum absolute atomic E-state index is 0.0873. The molecule has 7 heteroatoms. The van der Waals surface area contributed by atoms with E-state index in [-0.39, 0.29) is 19.4 Å². The molecule has 0 radical (unpaired) electrons. The van der Waals surface area contributed by atoms with E-state index in [9.17, 15) is 19.5 Å². The Bertz CT molecular complexity index is 573. The van der Waals surface area contributed by atoms with Crippen molar-refractivity contribution in [3.8, 4) is 0 Å². The van der Waals surface area contributed by atoms with Crippen molar-refractivity contribution in [3.05, 3.63) is 35.9 Å². The van der Waals surface area contributed by atoms with Gasteiger partial charge in [0.15, 0.2) is 6.10 Å². The molecule has 1 aromatic rings. The topological polar surface area (TPSA) is 115 Å². The first-order valence-electron chi connectivity index (χ1n) is 6.87. The van der Waals surface area contributed by atoms with E-state index in [4.69, 9.17) is 10.2 Å². The summed E-state index contributed by atoms with van der Waals surface area (Å²) in [5, 5.41) is 28.0. The first kappa shape index (κ1) is 16.0. The van der Waals surface area contributed by atoms with Crippen LogP contribution in [0.1, 0.15) is 12.0 Å². The molecule has 3 atom stereocenters. The Balaban J connectivity index is 2.23. The van der Waals surface area contributed by atoms with Crippen molar-refractivity contribution in [2.75, 3.05) is 6.54 Å². The lowest BCUT2D eigenvalue weighted by Crippen LogP contribution is -2.49. The Morgan fingerprint density at radius 1 is 1.23 bits per heavy atom. The van der Waals surface area contributed by atoms with Crippen LogP contribution in [-0.4, -0.2) is 56.8 Å². The van der Waals surface area contributed by atoms with E-state index in [0.717, 1.165) is 5.56 Å². The zero-order valence-electron chi connectivity index (χ0n) is 11.8. The molecule has 2 rings (SSSR count). The average molecular weight is 307 g/mol. The van der Waals surface area contributed by atoms with Crippen molar-refractivity contribution in [2.45, 2.75) is 25.0 Å². The molecule has 0 aromatic heterocycles. The first-order chi connectivity index (χ1) is 10.4. The summed E-state index contributed by atoms with van der Waals surface area (Å²) in [5.74, 6) is -3.85. The van der Waals surface area contributed by atoms with Gasteiger partial charge in [-0.2, -0.15) is 0 Å². The molecule has 0 aliphatic carbocycles. The van der Waals surface area contributed by atoms with Gasteiger partial charge in [-0.15, -0.1) is 0 Å². The number of benzene rings is 1. The molecule has 1 unspecified atom stereocenters. The molecule has 1 heterocycles. The lowest BCUT2D eigenvalue weighted by atomic mass is 9.99. The van der Waals surface area contributed by atoms with Gasteiger partial charge in [-0.3, -0.25) is 9.59 Å². The molecule has 3 N–H and O–H groups in total. The number of aliphatic hydroxyl groups excluding tert-OH is 1. The van der Waals surface area contributed by atoms with E-state index < -0.39 is 35.9 Å². The van der Waals surface area contributed by atoms with Gasteiger partial charge in [-0.05, 0) is 12.0 Å². The molecule has 0 saturated carbocycles. The van der Waals surface area contributed by atoms with Crippen LogP contribution in [0.5, 0.6) is 0 Å². The van der Waals surface area contributed by atoms with Crippen LogP contribution < -0.4 is 0 Å². The Labute approximate surface area is 126 Å². The Hall–Kier alpha value is -2.41. The summed E-state index contributed by atoms with van der Waals surface area (Å²) in [7, 11) is 0. The van der Waals surface area contributed by atoms with Crippen LogP contribution in [0.25, 0.3) is 0 Å². The van der Waals surface area contributed by atoms with E-state index in [1.54, 1.807) is 30.3 Å². The fraction of sp³-hybridized carbons (Fsp3) is 0.400. The number of amides is 1. The van der Waals surface area contributed by atoms with Gasteiger partial charge in [-0.25, -0.2) is 4.79 Å². The fourth-order valence-corrected chi connectivity index (χ4v) is 2.63. The van der Waals surface area contributed by atoms with Crippen LogP contribution in [0.3, 0.4) is 0 Å². The zero-order valence-corrected chi connectivity index (χ0v) is 11.8. The number of hydrogen-bond donors (Lipinski definition) is 3. The van der Waals surface area contributed by atoms with Gasteiger partial charge in [-0.1, -0.05) is 30.3 Å². The van der Waals surface area contributed by atoms with E-state index in [2.05, 4.69) is 0 Å². The molecular formula is C15H17NO6. The van der Waals surface area contributed by atoms with Crippen molar-refractivity contribution < 1.29 is 29.7 Å². The highest BCUT2D eigenvalue weighted by Crippen LogP contribution is 2.24. The zero-order chi connectivity index (χ0) is 16.3. The molecule has 0 spiro atoms. The van der Waals surface area contributed by atoms with Gasteiger partial charge in [0.25, 0.3) is 0 Å². The monoisotopic (exact) mass is 307 g/mol. The van der Waals surface area contributed by atoms with Crippen molar-refractivity contribution in [2.24, 2.45) is 5.92 Å². The molecule has 0 bridgehead atoms. The normalized spacial score (nSPS) is 20.7. The molecule has 1 aliphatic heterocycles. The lowest BCUT2D eigenvalue weighted by molar-refractivity contribution is -0.152. The summed E-state index contributed by atoms with van der Waals surface area (Å²) in [4.78, 5) is 35.3. The van der Waals surface area contributed by atoms with Crippen molar-refractivity contribution in [3.63, 3.8) is 0 Å². The van der Waals surface area contributed by atoms with E-state index in [1.165, 1.54) is 4.90 Å². The van der Waals surface area contributed by atoms with Crippen molar-refractivity contribution in [1.29, 1.82) is 0 Å². The quantitative estimate of drug-likeness (QED) is 0.680. The van der Waals surface area contributed by atoms with Crippen LogP contribution in [-0.2, 0) is 20.8 Å². The molecule has 1 fully saturated rings. The standard InChI is InChI=1S/C15H17NO6/c17-12-7-10(14(19)20)8-16(12)11(13(18)15(21)22)6-9-4-2-1-3-5-9/h1-5,10-11,13,18H,6-8H2,(H,19,20)(H,21,22)/t10?,11-,13+/m1/s1. The number of carboxylic acid groups (broad SMARTS) is 2. The third-order valence-corrected chi connectivity index (χ3v) is 3.81. The van der Waals surface area contributed by atoms with Crippen LogP contribution in [0, 0.1) is 5.92 Å². The van der Waals surface area contributed by atoms with Crippen molar-refractivity contribution >= 4 is 17.8 Å². The molecular weight excluding hydrogens is 290 g/mol. The summed E-state index contributed by atoms with van der Waals surface area (Å²) in [5.41, 5.74) is 0.763. The molecule has 22 heavy (non-hydrogen) atoms. The van der Waals surface area contributed by atoms with Crippen LogP contribution >= 0.6 is 0 Å². The van der Waals surface area contributed by atoms with Gasteiger partial charge in [0.05, 0.1) is 12.0 Å². The number of likely N-dealkylation sites (tertiary alicyclic amines) is 1. The van der Waals surface area contributed by atoms with Gasteiger partial charge >= 0.3 is 11.9 Å². The van der Waals surface area contributed by atoms with Gasteiger partial charge in [0.1, 0.15) is 0 Å². The molecule has 1 aliphatic rings. The summed E-state index contributed by atoms with van der Waals surface area (Å²) in [6, 6.07) is 7.87. The number of hydrogen-bond acceptors (Lipinski definition) is 4. The van der Waals surface area contributed by atoms with Gasteiger partial charge in [0, 0.05) is 13.0 Å². The Morgan fingerprint density at radius 2 is 1.86 bits per heavy atom. The molecule has 1 saturated heterocycles. The van der Waals surface area contributed by atoms with E-state index in [1.807, 2.05) is 0 Å². The summed E-state index contributed by atoms with van der Waals surface area (Å²) in [6.07, 6.45) is -1.80. The van der Waals surface area contributed by atoms with Crippen molar-refractivity contribution in [1.82, 2.24) is 4.90 Å². The van der Waals surface area contributed by atoms with Gasteiger partial charge < -0.3 is 20.2 Å². The number of nitrogens with zero attached hydrogens (tertiary/aromatic N) is 1. The lowest BCUT2D eigenvalue weighted by Gasteiger charge is -2.30. The molecule has 7 nitrogen and oxygen atoms in total. The second-order valence-electron chi connectivity index (χ2n) is 5.33. The SMILES string of the molecule is O=C(O)C1CC(=O)N([C@H](Cc2ccccc2)[C@H](O)C(=O)O)C1. The summed E-state index contributed by atoms with van der Waals surface area (Å²) < 4.78 is 0. The van der Waals surface area contributed by atoms with Crippen LogP contribution in [0.15, 0.2) is 30.3 Å². The molecule has 118 valence electrons. The highest BCUT2D eigenvalue weighted by atomic mass is 16.4. The maximum absolute atomic E-state index is 12.0.